The van der Waals surface area contributed by atoms with E-state index in [0.717, 1.165) is 29.7 Å². The molecule has 0 aromatic carbocycles. The lowest BCUT2D eigenvalue weighted by Crippen LogP contribution is -2.55. The molecule has 5 nitrogen and oxygen atoms in total. The summed E-state index contributed by atoms with van der Waals surface area (Å²) in [6, 6.07) is 2.92. The van der Waals surface area contributed by atoms with Crippen molar-refractivity contribution < 1.29 is 5.11 Å². The number of rotatable bonds is 1. The number of aryl methyl sites for hydroxylation is 1. The Labute approximate surface area is 124 Å². The highest BCUT2D eigenvalue weighted by atomic mass is 16.3. The lowest BCUT2D eigenvalue weighted by molar-refractivity contribution is -0.0878. The number of piperidine rings is 2. The minimum absolute atomic E-state index is 0.484. The highest BCUT2D eigenvalue weighted by molar-refractivity contribution is 5.40. The first-order valence-electron chi connectivity index (χ1n) is 7.82. The first-order chi connectivity index (χ1) is 10.0. The molecule has 0 amide bonds. The summed E-state index contributed by atoms with van der Waals surface area (Å²) in [6.07, 6.45) is 9.04. The second kappa shape index (κ2) is 4.52. The molecule has 112 valence electrons. The molecule has 2 atom stereocenters. The van der Waals surface area contributed by atoms with Gasteiger partial charge in [0.15, 0.2) is 5.65 Å². The van der Waals surface area contributed by atoms with Gasteiger partial charge in [0.2, 0.25) is 0 Å². The zero-order valence-electron chi connectivity index (χ0n) is 12.7. The fraction of sp³-hybridized carbons (Fsp3) is 0.625. The lowest BCUT2D eigenvalue weighted by atomic mass is 9.73. The second-order valence-corrected chi connectivity index (χ2v) is 6.77. The van der Waals surface area contributed by atoms with Crippen LogP contribution in [0, 0.1) is 6.92 Å². The molecule has 4 heterocycles. The van der Waals surface area contributed by atoms with Gasteiger partial charge in [-0.2, -0.15) is 5.10 Å². The van der Waals surface area contributed by atoms with Crippen molar-refractivity contribution in [3.05, 3.63) is 29.7 Å². The van der Waals surface area contributed by atoms with Crippen molar-refractivity contribution in [3.8, 4) is 0 Å². The molecule has 0 spiro atoms. The van der Waals surface area contributed by atoms with Gasteiger partial charge in [0.05, 0.1) is 11.3 Å². The zero-order valence-corrected chi connectivity index (χ0v) is 12.7. The number of fused-ring (bicyclic) bond motifs is 3. The zero-order chi connectivity index (χ0) is 14.6. The molecule has 2 aromatic rings. The average Bonchev–Trinajstić information content (AvgIpc) is 2.80. The summed E-state index contributed by atoms with van der Waals surface area (Å²) >= 11 is 0. The predicted octanol–water partition coefficient (Wildman–Crippen LogP) is 1.87. The Kier molecular flexibility index (Phi) is 2.84. The van der Waals surface area contributed by atoms with Crippen molar-refractivity contribution in [1.29, 1.82) is 0 Å². The molecule has 21 heavy (non-hydrogen) atoms. The maximum absolute atomic E-state index is 11.2. The van der Waals surface area contributed by atoms with E-state index in [2.05, 4.69) is 22.0 Å². The number of aliphatic hydroxyl groups is 1. The van der Waals surface area contributed by atoms with Gasteiger partial charge in [-0.1, -0.05) is 6.42 Å². The Morgan fingerprint density at radius 2 is 2.00 bits per heavy atom. The van der Waals surface area contributed by atoms with Crippen molar-refractivity contribution in [1.82, 2.24) is 19.5 Å². The molecular weight excluding hydrogens is 264 g/mol. The van der Waals surface area contributed by atoms with Gasteiger partial charge in [-0.3, -0.25) is 0 Å². The van der Waals surface area contributed by atoms with Crippen LogP contribution in [0.15, 0.2) is 18.5 Å². The summed E-state index contributed by atoms with van der Waals surface area (Å²) in [5.41, 5.74) is 1.94. The summed E-state index contributed by atoms with van der Waals surface area (Å²) < 4.78 is 1.79. The third kappa shape index (κ3) is 2.07. The van der Waals surface area contributed by atoms with Gasteiger partial charge in [0.25, 0.3) is 0 Å². The molecule has 0 saturated carbocycles. The Bertz CT molecular complexity index is 666. The van der Waals surface area contributed by atoms with Crippen LogP contribution in [-0.2, 0) is 5.60 Å². The Morgan fingerprint density at radius 1 is 1.29 bits per heavy atom. The predicted molar refractivity (Wildman–Crippen MR) is 80.0 cm³/mol. The van der Waals surface area contributed by atoms with Gasteiger partial charge in [-0.15, -0.1) is 0 Å². The van der Waals surface area contributed by atoms with E-state index in [1.165, 1.54) is 19.3 Å². The first-order valence-corrected chi connectivity index (χ1v) is 7.82. The van der Waals surface area contributed by atoms with Crippen molar-refractivity contribution >= 4 is 5.65 Å². The lowest BCUT2D eigenvalue weighted by Gasteiger charge is -2.50. The molecular formula is C16H22N4O. The number of aromatic nitrogens is 3. The van der Waals surface area contributed by atoms with E-state index >= 15 is 0 Å². The summed E-state index contributed by atoms with van der Waals surface area (Å²) in [5, 5.41) is 15.6. The molecule has 2 aliphatic heterocycles. The quantitative estimate of drug-likeness (QED) is 0.869. The molecule has 0 radical (unpaired) electrons. The molecule has 2 fully saturated rings. The van der Waals surface area contributed by atoms with Gasteiger partial charge >= 0.3 is 0 Å². The molecule has 0 aliphatic carbocycles. The van der Waals surface area contributed by atoms with Crippen molar-refractivity contribution in [2.24, 2.45) is 0 Å². The van der Waals surface area contributed by atoms with Crippen LogP contribution >= 0.6 is 0 Å². The highest BCUT2D eigenvalue weighted by Gasteiger charge is 2.45. The normalized spacial score (nSPS) is 33.5. The van der Waals surface area contributed by atoms with Gasteiger partial charge in [-0.25, -0.2) is 9.50 Å². The van der Waals surface area contributed by atoms with Crippen LogP contribution in [0.5, 0.6) is 0 Å². The van der Waals surface area contributed by atoms with Crippen molar-refractivity contribution in [2.45, 2.75) is 56.7 Å². The maximum Gasteiger partial charge on any atom is 0.155 e. The fourth-order valence-electron chi connectivity index (χ4n) is 4.12. The molecule has 2 unspecified atom stereocenters. The largest absolute Gasteiger partial charge is 0.385 e. The minimum Gasteiger partial charge on any atom is -0.385 e. The molecule has 2 bridgehead atoms. The molecule has 1 N–H and O–H groups in total. The van der Waals surface area contributed by atoms with E-state index in [9.17, 15) is 5.11 Å². The van der Waals surface area contributed by atoms with Crippen LogP contribution in [0.4, 0.5) is 0 Å². The number of nitrogens with zero attached hydrogens (tertiary/aromatic N) is 4. The standard InChI is InChI=1S/C16H22N4O/c1-11-6-15-17-9-12(10-20(15)18-11)16(21)7-13-4-3-5-14(8-16)19(13)2/h6,9-10,13-14,21H,3-5,7-8H2,1-2H3. The summed E-state index contributed by atoms with van der Waals surface area (Å²) in [4.78, 5) is 6.92. The number of hydrogen-bond acceptors (Lipinski definition) is 4. The van der Waals surface area contributed by atoms with Crippen LogP contribution in [0.25, 0.3) is 5.65 Å². The van der Waals surface area contributed by atoms with E-state index in [1.54, 1.807) is 4.52 Å². The first kappa shape index (κ1) is 13.2. The third-order valence-electron chi connectivity index (χ3n) is 5.35. The molecule has 2 saturated heterocycles. The van der Waals surface area contributed by atoms with Crippen molar-refractivity contribution in [3.63, 3.8) is 0 Å². The average molecular weight is 286 g/mol. The van der Waals surface area contributed by atoms with Crippen LogP contribution in [0.3, 0.4) is 0 Å². The molecule has 5 heteroatoms. The van der Waals surface area contributed by atoms with Gasteiger partial charge in [-0.05, 0) is 39.7 Å². The minimum atomic E-state index is -0.761. The topological polar surface area (TPSA) is 53.7 Å². The monoisotopic (exact) mass is 286 g/mol. The van der Waals surface area contributed by atoms with E-state index in [1.807, 2.05) is 25.4 Å². The summed E-state index contributed by atoms with van der Waals surface area (Å²) in [6.45, 7) is 1.96. The fourth-order valence-corrected chi connectivity index (χ4v) is 4.12. The van der Waals surface area contributed by atoms with E-state index < -0.39 is 5.60 Å². The Balaban J connectivity index is 1.72. The Morgan fingerprint density at radius 3 is 2.71 bits per heavy atom. The summed E-state index contributed by atoms with van der Waals surface area (Å²) in [7, 11) is 2.20. The van der Waals surface area contributed by atoms with Gasteiger partial charge in [0.1, 0.15) is 0 Å². The maximum atomic E-state index is 11.2. The Hall–Kier alpha value is -1.46. The molecule has 2 aliphatic rings. The third-order valence-corrected chi connectivity index (χ3v) is 5.35. The van der Waals surface area contributed by atoms with Crippen LogP contribution in [0.1, 0.15) is 43.4 Å². The van der Waals surface area contributed by atoms with Gasteiger partial charge in [0, 0.05) is 36.1 Å². The van der Waals surface area contributed by atoms with Crippen molar-refractivity contribution in [2.75, 3.05) is 7.05 Å². The molecule has 2 aromatic heterocycles. The van der Waals surface area contributed by atoms with Crippen LogP contribution in [0.2, 0.25) is 0 Å². The van der Waals surface area contributed by atoms with Gasteiger partial charge < -0.3 is 10.0 Å². The number of hydrogen-bond donors (Lipinski definition) is 1. The van der Waals surface area contributed by atoms with E-state index in [0.29, 0.717) is 12.1 Å². The van der Waals surface area contributed by atoms with E-state index in [-0.39, 0.29) is 0 Å². The van der Waals surface area contributed by atoms with Crippen LogP contribution in [-0.4, -0.2) is 43.7 Å². The van der Waals surface area contributed by atoms with E-state index in [4.69, 9.17) is 0 Å². The summed E-state index contributed by atoms with van der Waals surface area (Å²) in [5.74, 6) is 0. The molecule has 4 rings (SSSR count). The highest BCUT2D eigenvalue weighted by Crippen LogP contribution is 2.43. The van der Waals surface area contributed by atoms with Crippen LogP contribution < -0.4 is 0 Å². The SMILES string of the molecule is Cc1cc2ncc(C3(O)CC4CCCC(C3)N4C)cn2n1. The second-order valence-electron chi connectivity index (χ2n) is 6.77. The smallest absolute Gasteiger partial charge is 0.155 e.